The lowest BCUT2D eigenvalue weighted by atomic mass is 10.1. The van der Waals surface area contributed by atoms with E-state index in [1.165, 1.54) is 11.1 Å². The summed E-state index contributed by atoms with van der Waals surface area (Å²) < 4.78 is 5.41. The number of aromatic nitrogens is 2. The van der Waals surface area contributed by atoms with Gasteiger partial charge >= 0.3 is 0 Å². The third-order valence-electron chi connectivity index (χ3n) is 4.64. The molecule has 128 valence electrons. The van der Waals surface area contributed by atoms with Gasteiger partial charge in [0.05, 0.1) is 18.1 Å². The average Bonchev–Trinajstić information content (AvgIpc) is 3.23. The third-order valence-corrected chi connectivity index (χ3v) is 4.64. The maximum absolute atomic E-state index is 12.6. The number of carbonyl (C=O) groups is 1. The highest BCUT2D eigenvalue weighted by Gasteiger charge is 2.25. The molecule has 1 amide bonds. The first-order chi connectivity index (χ1) is 12.2. The van der Waals surface area contributed by atoms with E-state index < -0.39 is 0 Å². The fourth-order valence-electron chi connectivity index (χ4n) is 3.46. The van der Waals surface area contributed by atoms with Crippen LogP contribution < -0.4 is 10.1 Å². The quantitative estimate of drug-likeness (QED) is 0.679. The Morgan fingerprint density at radius 2 is 2.24 bits per heavy atom. The number of hydrogen-bond acceptors (Lipinski definition) is 4. The second-order valence-electron chi connectivity index (χ2n) is 6.25. The summed E-state index contributed by atoms with van der Waals surface area (Å²) in [5, 5.41) is 12.3. The van der Waals surface area contributed by atoms with Crippen LogP contribution in [0.4, 0.5) is 0 Å². The minimum Gasteiger partial charge on any atom is -0.496 e. The summed E-state index contributed by atoms with van der Waals surface area (Å²) >= 11 is 0. The summed E-state index contributed by atoms with van der Waals surface area (Å²) in [6.45, 7) is -0.154. The van der Waals surface area contributed by atoms with Crippen LogP contribution in [0.3, 0.4) is 0 Å². The molecule has 3 aromatic rings. The standard InChI is InChI=1S/C19H19N3O3/c1-25-17-4-2-3-11-7-13(9-14(11)17)20-19(24)12-5-6-15-16(8-12)22-18(10-23)21-15/h2-6,8,13,23H,7,9-10H2,1H3,(H,20,24)(H,21,22). The highest BCUT2D eigenvalue weighted by Crippen LogP contribution is 2.30. The normalized spacial score (nSPS) is 16.0. The van der Waals surface area contributed by atoms with Crippen molar-refractivity contribution < 1.29 is 14.6 Å². The van der Waals surface area contributed by atoms with Crippen molar-refractivity contribution >= 4 is 16.9 Å². The molecular formula is C19H19N3O3. The number of aliphatic hydroxyl groups is 1. The number of hydrogen-bond donors (Lipinski definition) is 3. The van der Waals surface area contributed by atoms with Gasteiger partial charge < -0.3 is 20.1 Å². The Hall–Kier alpha value is -2.86. The Morgan fingerprint density at radius 3 is 3.04 bits per heavy atom. The van der Waals surface area contributed by atoms with Crippen molar-refractivity contribution in [2.75, 3.05) is 7.11 Å². The van der Waals surface area contributed by atoms with Crippen LogP contribution in [-0.4, -0.2) is 34.1 Å². The summed E-state index contributed by atoms with van der Waals surface area (Å²) in [6, 6.07) is 11.4. The molecule has 1 atom stereocenters. The number of benzene rings is 2. The van der Waals surface area contributed by atoms with Crippen molar-refractivity contribution in [3.63, 3.8) is 0 Å². The van der Waals surface area contributed by atoms with Crippen LogP contribution >= 0.6 is 0 Å². The second-order valence-corrected chi connectivity index (χ2v) is 6.25. The highest BCUT2D eigenvalue weighted by molar-refractivity contribution is 5.97. The number of fused-ring (bicyclic) bond motifs is 2. The van der Waals surface area contributed by atoms with Crippen LogP contribution in [0.1, 0.15) is 27.3 Å². The van der Waals surface area contributed by atoms with Gasteiger partial charge in [0.25, 0.3) is 5.91 Å². The topological polar surface area (TPSA) is 87.2 Å². The smallest absolute Gasteiger partial charge is 0.251 e. The van der Waals surface area contributed by atoms with E-state index in [-0.39, 0.29) is 18.6 Å². The van der Waals surface area contributed by atoms with Crippen LogP contribution in [0.2, 0.25) is 0 Å². The van der Waals surface area contributed by atoms with Crippen molar-refractivity contribution in [3.05, 3.63) is 58.9 Å². The number of amides is 1. The number of nitrogens with zero attached hydrogens (tertiary/aromatic N) is 1. The first-order valence-corrected chi connectivity index (χ1v) is 8.23. The summed E-state index contributed by atoms with van der Waals surface area (Å²) in [5.74, 6) is 1.26. The molecule has 25 heavy (non-hydrogen) atoms. The Morgan fingerprint density at radius 1 is 1.36 bits per heavy atom. The lowest BCUT2D eigenvalue weighted by Crippen LogP contribution is -2.35. The molecule has 3 N–H and O–H groups in total. The van der Waals surface area contributed by atoms with Gasteiger partial charge in [-0.1, -0.05) is 12.1 Å². The summed E-state index contributed by atoms with van der Waals surface area (Å²) in [6.07, 6.45) is 1.57. The van der Waals surface area contributed by atoms with Crippen molar-refractivity contribution in [1.29, 1.82) is 0 Å². The lowest BCUT2D eigenvalue weighted by molar-refractivity contribution is 0.0938. The van der Waals surface area contributed by atoms with Gasteiger partial charge in [-0.3, -0.25) is 4.79 Å². The molecule has 1 aliphatic carbocycles. The van der Waals surface area contributed by atoms with E-state index in [0.29, 0.717) is 11.4 Å². The molecule has 0 bridgehead atoms. The predicted octanol–water partition coefficient (Wildman–Crippen LogP) is 1.96. The van der Waals surface area contributed by atoms with E-state index in [9.17, 15) is 4.79 Å². The highest BCUT2D eigenvalue weighted by atomic mass is 16.5. The Bertz CT molecular complexity index is 948. The molecule has 1 aromatic heterocycles. The van der Waals surface area contributed by atoms with Gasteiger partial charge in [-0.2, -0.15) is 0 Å². The molecule has 1 aliphatic rings. The molecule has 1 heterocycles. The van der Waals surface area contributed by atoms with Crippen molar-refractivity contribution in [2.45, 2.75) is 25.5 Å². The van der Waals surface area contributed by atoms with E-state index >= 15 is 0 Å². The molecule has 1 unspecified atom stereocenters. The fraction of sp³-hybridized carbons (Fsp3) is 0.263. The second kappa shape index (κ2) is 6.22. The number of nitrogens with one attached hydrogen (secondary N) is 2. The Balaban J connectivity index is 1.51. The number of methoxy groups -OCH3 is 1. The molecule has 0 radical (unpaired) electrons. The molecule has 4 rings (SSSR count). The zero-order valence-electron chi connectivity index (χ0n) is 13.9. The first kappa shape index (κ1) is 15.7. The van der Waals surface area contributed by atoms with Crippen molar-refractivity contribution in [1.82, 2.24) is 15.3 Å². The number of imidazole rings is 1. The zero-order valence-corrected chi connectivity index (χ0v) is 13.9. The zero-order chi connectivity index (χ0) is 17.4. The maximum atomic E-state index is 12.6. The van der Waals surface area contributed by atoms with E-state index in [1.807, 2.05) is 12.1 Å². The number of H-pyrrole nitrogens is 1. The van der Waals surface area contributed by atoms with E-state index in [0.717, 1.165) is 29.6 Å². The molecule has 0 fully saturated rings. The van der Waals surface area contributed by atoms with Crippen molar-refractivity contribution in [2.24, 2.45) is 0 Å². The molecule has 6 heteroatoms. The first-order valence-electron chi connectivity index (χ1n) is 8.23. The monoisotopic (exact) mass is 337 g/mol. The molecular weight excluding hydrogens is 318 g/mol. The van der Waals surface area contributed by atoms with Crippen LogP contribution in [0.5, 0.6) is 5.75 Å². The van der Waals surface area contributed by atoms with Gasteiger partial charge in [-0.15, -0.1) is 0 Å². The van der Waals surface area contributed by atoms with Gasteiger partial charge in [0.2, 0.25) is 0 Å². The molecule has 2 aromatic carbocycles. The van der Waals surface area contributed by atoms with Crippen LogP contribution in [0.25, 0.3) is 11.0 Å². The minimum absolute atomic E-state index is 0.0595. The summed E-state index contributed by atoms with van der Waals surface area (Å²) in [5.41, 5.74) is 4.45. The number of aliphatic hydroxyl groups excluding tert-OH is 1. The largest absolute Gasteiger partial charge is 0.496 e. The Labute approximate surface area is 144 Å². The van der Waals surface area contributed by atoms with E-state index in [4.69, 9.17) is 9.84 Å². The maximum Gasteiger partial charge on any atom is 0.251 e. The number of carbonyl (C=O) groups excluding carboxylic acids is 1. The number of ether oxygens (including phenoxy) is 1. The van der Waals surface area contributed by atoms with Gasteiger partial charge in [0.15, 0.2) is 0 Å². The third kappa shape index (κ3) is 2.85. The number of rotatable bonds is 4. The van der Waals surface area contributed by atoms with Gasteiger partial charge in [0.1, 0.15) is 18.2 Å². The molecule has 0 spiro atoms. The number of aromatic amines is 1. The minimum atomic E-state index is -0.154. The molecule has 6 nitrogen and oxygen atoms in total. The Kier molecular flexibility index (Phi) is 3.89. The SMILES string of the molecule is COc1cccc2c1CC(NC(=O)c1ccc3nc(CO)[nH]c3c1)C2. The molecule has 0 saturated carbocycles. The average molecular weight is 337 g/mol. The van der Waals surface area contributed by atoms with Gasteiger partial charge in [-0.05, 0) is 48.2 Å². The van der Waals surface area contributed by atoms with Gasteiger partial charge in [0, 0.05) is 11.6 Å². The van der Waals surface area contributed by atoms with Gasteiger partial charge in [-0.25, -0.2) is 4.98 Å². The summed E-state index contributed by atoms with van der Waals surface area (Å²) in [4.78, 5) is 19.8. The predicted molar refractivity (Wildman–Crippen MR) is 93.7 cm³/mol. The van der Waals surface area contributed by atoms with E-state index in [2.05, 4.69) is 21.4 Å². The molecule has 0 saturated heterocycles. The van der Waals surface area contributed by atoms with Crippen molar-refractivity contribution in [3.8, 4) is 5.75 Å². The fourth-order valence-corrected chi connectivity index (χ4v) is 3.46. The van der Waals surface area contributed by atoms with Crippen LogP contribution in [0, 0.1) is 0 Å². The lowest BCUT2D eigenvalue weighted by Gasteiger charge is -2.12. The van der Waals surface area contributed by atoms with Crippen LogP contribution in [0.15, 0.2) is 36.4 Å². The van der Waals surface area contributed by atoms with Crippen LogP contribution in [-0.2, 0) is 19.4 Å². The molecule has 0 aliphatic heterocycles. The van der Waals surface area contributed by atoms with E-state index in [1.54, 1.807) is 25.3 Å². The summed E-state index contributed by atoms with van der Waals surface area (Å²) in [7, 11) is 1.67.